The van der Waals surface area contributed by atoms with Crippen molar-refractivity contribution in [2.24, 2.45) is 0 Å². The second-order valence-electron chi connectivity index (χ2n) is 6.13. The van der Waals surface area contributed by atoms with Gasteiger partial charge < -0.3 is 10.6 Å². The fraction of sp³-hybridized carbons (Fsp3) is 0.143. The number of nitrogens with one attached hydrogen (secondary N) is 2. The van der Waals surface area contributed by atoms with Crippen molar-refractivity contribution in [1.82, 2.24) is 4.98 Å². The molecule has 0 unspecified atom stereocenters. The first-order valence-electron chi connectivity index (χ1n) is 8.35. The maximum absolute atomic E-state index is 13.7. The van der Waals surface area contributed by atoms with E-state index in [0.29, 0.717) is 23.5 Å². The molecule has 0 atom stereocenters. The van der Waals surface area contributed by atoms with Gasteiger partial charge in [0.05, 0.1) is 0 Å². The summed E-state index contributed by atoms with van der Waals surface area (Å²) in [6.07, 6.45) is 1.55. The van der Waals surface area contributed by atoms with Crippen LogP contribution in [0.2, 0.25) is 0 Å². The number of hydrogen-bond donors (Lipinski definition) is 2. The first-order chi connectivity index (χ1) is 12.5. The molecule has 1 amide bonds. The Labute approximate surface area is 152 Å². The normalized spacial score (nSPS) is 10.4. The number of amides is 1. The summed E-state index contributed by atoms with van der Waals surface area (Å²) in [6, 6.07) is 15.7. The minimum absolute atomic E-state index is 0.262. The smallest absolute Gasteiger partial charge is 0.274 e. The summed E-state index contributed by atoms with van der Waals surface area (Å²) in [4.78, 5) is 16.6. The van der Waals surface area contributed by atoms with Crippen LogP contribution in [-0.2, 0) is 6.54 Å². The van der Waals surface area contributed by atoms with Gasteiger partial charge in [0, 0.05) is 29.7 Å². The zero-order valence-corrected chi connectivity index (χ0v) is 14.7. The van der Waals surface area contributed by atoms with E-state index in [-0.39, 0.29) is 11.7 Å². The van der Waals surface area contributed by atoms with Crippen LogP contribution in [0, 0.1) is 19.7 Å². The van der Waals surface area contributed by atoms with E-state index >= 15 is 0 Å². The Kier molecular flexibility index (Phi) is 5.27. The van der Waals surface area contributed by atoms with Crippen LogP contribution >= 0.6 is 0 Å². The summed E-state index contributed by atoms with van der Waals surface area (Å²) < 4.78 is 13.7. The van der Waals surface area contributed by atoms with Crippen LogP contribution in [-0.4, -0.2) is 10.9 Å². The molecule has 0 bridgehead atoms. The highest BCUT2D eigenvalue weighted by atomic mass is 19.1. The quantitative estimate of drug-likeness (QED) is 0.702. The van der Waals surface area contributed by atoms with Gasteiger partial charge in [-0.25, -0.2) is 4.39 Å². The second kappa shape index (κ2) is 7.78. The highest BCUT2D eigenvalue weighted by molar-refractivity contribution is 6.03. The molecule has 0 saturated heterocycles. The molecule has 0 radical (unpaired) electrons. The number of aryl methyl sites for hydroxylation is 2. The van der Waals surface area contributed by atoms with Crippen molar-refractivity contribution in [3.05, 3.63) is 89.0 Å². The molecule has 2 N–H and O–H groups in total. The Morgan fingerprint density at radius 3 is 2.58 bits per heavy atom. The molecular formula is C21H20FN3O. The van der Waals surface area contributed by atoms with E-state index in [1.165, 1.54) is 11.6 Å². The van der Waals surface area contributed by atoms with Crippen LogP contribution in [0.4, 0.5) is 15.8 Å². The third-order valence-corrected chi connectivity index (χ3v) is 4.20. The van der Waals surface area contributed by atoms with Crippen LogP contribution in [0.15, 0.2) is 60.8 Å². The number of hydrogen-bond acceptors (Lipinski definition) is 3. The highest BCUT2D eigenvalue weighted by Crippen LogP contribution is 2.16. The summed E-state index contributed by atoms with van der Waals surface area (Å²) in [5.41, 5.74) is 4.56. The average molecular weight is 349 g/mol. The van der Waals surface area contributed by atoms with E-state index in [2.05, 4.69) is 15.6 Å². The number of halogens is 1. The zero-order valence-electron chi connectivity index (χ0n) is 14.7. The Hall–Kier alpha value is -3.21. The molecule has 1 heterocycles. The molecule has 4 nitrogen and oxygen atoms in total. The molecule has 0 aliphatic carbocycles. The van der Waals surface area contributed by atoms with Crippen molar-refractivity contribution in [2.45, 2.75) is 20.4 Å². The first kappa shape index (κ1) is 17.6. The van der Waals surface area contributed by atoms with E-state index in [1.807, 2.05) is 32.0 Å². The van der Waals surface area contributed by atoms with Gasteiger partial charge >= 0.3 is 0 Å². The number of carbonyl (C=O) groups excluding carboxylic acids is 1. The van der Waals surface area contributed by atoms with Crippen molar-refractivity contribution >= 4 is 17.3 Å². The molecular weight excluding hydrogens is 329 g/mol. The number of anilines is 2. The molecule has 0 spiro atoms. The van der Waals surface area contributed by atoms with Crippen molar-refractivity contribution in [1.29, 1.82) is 0 Å². The average Bonchev–Trinajstić information content (AvgIpc) is 2.64. The van der Waals surface area contributed by atoms with Gasteiger partial charge in [0.15, 0.2) is 0 Å². The lowest BCUT2D eigenvalue weighted by Crippen LogP contribution is -2.14. The van der Waals surface area contributed by atoms with Gasteiger partial charge in [-0.1, -0.05) is 24.3 Å². The van der Waals surface area contributed by atoms with E-state index < -0.39 is 0 Å². The number of nitrogens with zero attached hydrogens (tertiary/aromatic N) is 1. The van der Waals surface area contributed by atoms with Crippen molar-refractivity contribution in [3.8, 4) is 0 Å². The maximum Gasteiger partial charge on any atom is 0.274 e. The fourth-order valence-corrected chi connectivity index (χ4v) is 2.52. The van der Waals surface area contributed by atoms with E-state index in [4.69, 9.17) is 0 Å². The van der Waals surface area contributed by atoms with Crippen LogP contribution in [0.25, 0.3) is 0 Å². The number of pyridine rings is 1. The second-order valence-corrected chi connectivity index (χ2v) is 6.13. The predicted octanol–water partition coefficient (Wildman–Crippen LogP) is 4.70. The summed E-state index contributed by atoms with van der Waals surface area (Å²) >= 11 is 0. The monoisotopic (exact) mass is 349 g/mol. The van der Waals surface area contributed by atoms with Gasteiger partial charge in [-0.3, -0.25) is 9.78 Å². The number of rotatable bonds is 5. The maximum atomic E-state index is 13.7. The number of aromatic nitrogens is 1. The molecule has 0 saturated carbocycles. The lowest BCUT2D eigenvalue weighted by Gasteiger charge is -2.10. The number of carbonyl (C=O) groups is 1. The largest absolute Gasteiger partial charge is 0.381 e. The molecule has 26 heavy (non-hydrogen) atoms. The van der Waals surface area contributed by atoms with Crippen molar-refractivity contribution in [2.75, 3.05) is 10.6 Å². The third kappa shape index (κ3) is 4.25. The Morgan fingerprint density at radius 2 is 1.81 bits per heavy atom. The zero-order chi connectivity index (χ0) is 18.5. The fourth-order valence-electron chi connectivity index (χ4n) is 2.52. The van der Waals surface area contributed by atoms with Gasteiger partial charge in [-0.15, -0.1) is 0 Å². The van der Waals surface area contributed by atoms with Crippen molar-refractivity contribution in [3.63, 3.8) is 0 Å². The third-order valence-electron chi connectivity index (χ3n) is 4.20. The highest BCUT2D eigenvalue weighted by Gasteiger charge is 2.09. The molecule has 0 aliphatic heterocycles. The topological polar surface area (TPSA) is 54.0 Å². The van der Waals surface area contributed by atoms with Gasteiger partial charge in [0.1, 0.15) is 11.5 Å². The molecule has 3 rings (SSSR count). The predicted molar refractivity (Wildman–Crippen MR) is 102 cm³/mol. The Bertz CT molecular complexity index is 940. The summed E-state index contributed by atoms with van der Waals surface area (Å²) in [7, 11) is 0. The van der Waals surface area contributed by atoms with Crippen LogP contribution < -0.4 is 10.6 Å². The molecule has 132 valence electrons. The SMILES string of the molecule is Cc1ccc(NC(=O)c2cc(NCc3ccccc3F)ccn2)cc1C. The summed E-state index contributed by atoms with van der Waals surface area (Å²) in [6.45, 7) is 4.35. The van der Waals surface area contributed by atoms with Crippen LogP contribution in [0.3, 0.4) is 0 Å². The van der Waals surface area contributed by atoms with Crippen LogP contribution in [0.1, 0.15) is 27.2 Å². The van der Waals surface area contributed by atoms with Gasteiger partial charge in [0.2, 0.25) is 0 Å². The van der Waals surface area contributed by atoms with Gasteiger partial charge in [-0.05, 0) is 55.3 Å². The molecule has 5 heteroatoms. The van der Waals surface area contributed by atoms with E-state index in [0.717, 1.165) is 11.3 Å². The van der Waals surface area contributed by atoms with Gasteiger partial charge in [-0.2, -0.15) is 0 Å². The summed E-state index contributed by atoms with van der Waals surface area (Å²) in [5, 5.41) is 5.96. The molecule has 0 aliphatic rings. The Morgan fingerprint density at radius 1 is 1.00 bits per heavy atom. The minimum atomic E-state index is -0.289. The lowest BCUT2D eigenvalue weighted by atomic mass is 10.1. The Balaban J connectivity index is 1.69. The molecule has 3 aromatic rings. The lowest BCUT2D eigenvalue weighted by molar-refractivity contribution is 0.102. The van der Waals surface area contributed by atoms with E-state index in [1.54, 1.807) is 36.5 Å². The van der Waals surface area contributed by atoms with Gasteiger partial charge in [0.25, 0.3) is 5.91 Å². The minimum Gasteiger partial charge on any atom is -0.381 e. The first-order valence-corrected chi connectivity index (χ1v) is 8.35. The number of benzene rings is 2. The standard InChI is InChI=1S/C21H20FN3O/c1-14-7-8-18(11-15(14)2)25-21(26)20-12-17(9-10-23-20)24-13-16-5-3-4-6-19(16)22/h3-12H,13H2,1-2H3,(H,23,24)(H,25,26). The molecule has 0 fully saturated rings. The van der Waals surface area contributed by atoms with E-state index in [9.17, 15) is 9.18 Å². The van der Waals surface area contributed by atoms with Crippen LogP contribution in [0.5, 0.6) is 0 Å². The molecule has 2 aromatic carbocycles. The molecule has 1 aromatic heterocycles. The summed E-state index contributed by atoms with van der Waals surface area (Å²) in [5.74, 6) is -0.551. The van der Waals surface area contributed by atoms with Crippen molar-refractivity contribution < 1.29 is 9.18 Å².